The van der Waals surface area contributed by atoms with E-state index < -0.39 is 10.0 Å². The largest absolute Gasteiger partial charge is 0.310 e. The van der Waals surface area contributed by atoms with Crippen molar-refractivity contribution in [3.8, 4) is 0 Å². The first-order chi connectivity index (χ1) is 10.4. The van der Waals surface area contributed by atoms with Crippen molar-refractivity contribution >= 4 is 50.1 Å². The summed E-state index contributed by atoms with van der Waals surface area (Å²) >= 11 is 6.05. The van der Waals surface area contributed by atoms with Gasteiger partial charge in [-0.25, -0.2) is 13.4 Å². The van der Waals surface area contributed by atoms with Crippen molar-refractivity contribution in [3.63, 3.8) is 0 Å². The fraction of sp³-hybridized carbons (Fsp3) is 0.0833. The van der Waals surface area contributed by atoms with Crippen molar-refractivity contribution in [3.05, 3.63) is 35.7 Å². The highest BCUT2D eigenvalue weighted by molar-refractivity contribution is 7.92. The van der Waals surface area contributed by atoms with Crippen molar-refractivity contribution in [2.45, 2.75) is 0 Å². The number of aromatic nitrogens is 4. The number of benzene rings is 1. The van der Waals surface area contributed by atoms with E-state index in [9.17, 15) is 8.42 Å². The molecule has 0 aliphatic carbocycles. The monoisotopic (exact) mass is 339 g/mol. The quantitative estimate of drug-likeness (QED) is 0.624. The van der Waals surface area contributed by atoms with Gasteiger partial charge in [0.25, 0.3) is 0 Å². The third-order valence-corrected chi connectivity index (χ3v) is 3.59. The molecule has 4 N–H and O–H groups in total. The fourth-order valence-electron chi connectivity index (χ4n) is 1.90. The Morgan fingerprint density at radius 1 is 1.27 bits per heavy atom. The molecule has 114 valence electrons. The van der Waals surface area contributed by atoms with Crippen molar-refractivity contribution in [2.75, 3.05) is 16.3 Å². The van der Waals surface area contributed by atoms with Crippen LogP contribution in [0.2, 0.25) is 5.15 Å². The van der Waals surface area contributed by atoms with E-state index in [1.54, 1.807) is 30.6 Å². The Balaban J connectivity index is 1.89. The molecule has 2 heterocycles. The van der Waals surface area contributed by atoms with E-state index in [1.165, 1.54) is 0 Å². The molecule has 0 saturated carbocycles. The van der Waals surface area contributed by atoms with E-state index in [0.29, 0.717) is 28.5 Å². The van der Waals surface area contributed by atoms with Crippen LogP contribution in [0.15, 0.2) is 30.6 Å². The zero-order valence-corrected chi connectivity index (χ0v) is 13.0. The van der Waals surface area contributed by atoms with E-state index in [2.05, 4.69) is 30.0 Å². The van der Waals surface area contributed by atoms with Crippen LogP contribution in [0.25, 0.3) is 11.2 Å². The number of hydrogen-bond donors (Lipinski definition) is 3. The van der Waals surface area contributed by atoms with Crippen LogP contribution in [0, 0.1) is 0 Å². The van der Waals surface area contributed by atoms with Gasteiger partial charge in [0.1, 0.15) is 0 Å². The lowest BCUT2D eigenvalue weighted by molar-refractivity contribution is -0.347. The normalized spacial score (nSPS) is 11.5. The van der Waals surface area contributed by atoms with Crippen molar-refractivity contribution in [1.29, 1.82) is 0 Å². The van der Waals surface area contributed by atoms with Crippen molar-refractivity contribution in [1.82, 2.24) is 15.0 Å². The molecule has 3 rings (SSSR count). The minimum atomic E-state index is -3.33. The molecule has 0 aliphatic rings. The lowest BCUT2D eigenvalue weighted by atomic mass is 10.3. The molecule has 10 heteroatoms. The van der Waals surface area contributed by atoms with Crippen LogP contribution in [-0.2, 0) is 10.0 Å². The molecule has 0 bridgehead atoms. The number of rotatable bonds is 4. The maximum atomic E-state index is 11.3. The van der Waals surface area contributed by atoms with Crippen molar-refractivity contribution in [2.24, 2.45) is 0 Å². The summed E-state index contributed by atoms with van der Waals surface area (Å²) in [4.78, 5) is 14.2. The summed E-state index contributed by atoms with van der Waals surface area (Å²) in [5.41, 5.74) is 2.24. The summed E-state index contributed by atoms with van der Waals surface area (Å²) < 4.78 is 24.9. The smallest absolute Gasteiger partial charge is 0.306 e. The van der Waals surface area contributed by atoms with E-state index in [-0.39, 0.29) is 5.15 Å². The predicted octanol–water partition coefficient (Wildman–Crippen LogP) is 1.54. The van der Waals surface area contributed by atoms with Gasteiger partial charge in [-0.05, 0) is 18.2 Å². The average Bonchev–Trinajstić information content (AvgIpc) is 2.85. The van der Waals surface area contributed by atoms with Gasteiger partial charge in [-0.1, -0.05) is 22.7 Å². The third-order valence-electron chi connectivity index (χ3n) is 2.71. The molecule has 0 radical (unpaired) electrons. The van der Waals surface area contributed by atoms with Crippen LogP contribution in [0.3, 0.4) is 0 Å². The summed E-state index contributed by atoms with van der Waals surface area (Å²) in [6.45, 7) is 0. The topological polar surface area (TPSA) is 114 Å². The van der Waals surface area contributed by atoms with Crippen LogP contribution in [0.4, 0.5) is 17.3 Å². The molecule has 0 aliphatic heterocycles. The lowest BCUT2D eigenvalue weighted by Gasteiger charge is -2.07. The van der Waals surface area contributed by atoms with Crippen LogP contribution in [0.5, 0.6) is 0 Å². The first-order valence-electron chi connectivity index (χ1n) is 6.18. The number of nitrogens with one attached hydrogen (secondary N) is 4. The number of H-pyrrole nitrogens is 2. The SMILES string of the molecule is CS(=O)(=O)Nc1cccc(Nc2nc(Cl)c3[nH]c[nH+]c3n2)c1. The zero-order valence-electron chi connectivity index (χ0n) is 11.4. The summed E-state index contributed by atoms with van der Waals surface area (Å²) in [6, 6.07) is 6.74. The van der Waals surface area contributed by atoms with Gasteiger partial charge >= 0.3 is 11.6 Å². The van der Waals surface area contributed by atoms with E-state index in [4.69, 9.17) is 11.6 Å². The van der Waals surface area contributed by atoms with Crippen LogP contribution in [-0.4, -0.2) is 29.6 Å². The molecule has 0 saturated heterocycles. The molecule has 8 nitrogen and oxygen atoms in total. The van der Waals surface area contributed by atoms with Gasteiger partial charge in [0.05, 0.1) is 11.9 Å². The first-order valence-corrected chi connectivity index (χ1v) is 8.45. The Bertz CT molecular complexity index is 940. The maximum absolute atomic E-state index is 11.3. The maximum Gasteiger partial charge on any atom is 0.306 e. The second-order valence-corrected chi connectivity index (χ2v) is 6.68. The molecular weight excluding hydrogens is 328 g/mol. The third kappa shape index (κ3) is 3.26. The van der Waals surface area contributed by atoms with E-state index in [0.717, 1.165) is 6.26 Å². The van der Waals surface area contributed by atoms with Gasteiger partial charge in [-0.2, -0.15) is 4.98 Å². The molecule has 0 unspecified atom stereocenters. The standard InChI is InChI=1S/C12H11ClN6O2S/c1-22(20,21)19-8-4-2-3-7(5-8)16-12-17-10(13)9-11(18-12)15-6-14-9/h2-6,19H,1H3,(H2,14,15,16,17,18)/p+1. The molecule has 0 spiro atoms. The highest BCUT2D eigenvalue weighted by atomic mass is 35.5. The van der Waals surface area contributed by atoms with Crippen LogP contribution < -0.4 is 15.0 Å². The minimum absolute atomic E-state index is 0.277. The molecule has 0 atom stereocenters. The van der Waals surface area contributed by atoms with Gasteiger partial charge in [-0.15, -0.1) is 0 Å². The molecule has 0 fully saturated rings. The molecular formula is C12H12ClN6O2S+. The first kappa shape index (κ1) is 14.5. The number of sulfonamides is 1. The number of hydrogen-bond acceptors (Lipinski definition) is 5. The van der Waals surface area contributed by atoms with Gasteiger partial charge in [0, 0.05) is 5.69 Å². The number of fused-ring (bicyclic) bond motifs is 1. The van der Waals surface area contributed by atoms with Crippen LogP contribution in [0.1, 0.15) is 0 Å². The molecule has 0 amide bonds. The summed E-state index contributed by atoms with van der Waals surface area (Å²) in [7, 11) is -3.33. The Kier molecular flexibility index (Phi) is 3.59. The number of halogens is 1. The van der Waals surface area contributed by atoms with Crippen molar-refractivity contribution < 1.29 is 13.4 Å². The predicted molar refractivity (Wildman–Crippen MR) is 83.6 cm³/mol. The Labute approximate surface area is 131 Å². The van der Waals surface area contributed by atoms with E-state index >= 15 is 0 Å². The Hall–Kier alpha value is -2.39. The average molecular weight is 340 g/mol. The molecule has 22 heavy (non-hydrogen) atoms. The summed E-state index contributed by atoms with van der Waals surface area (Å²) in [6.07, 6.45) is 2.69. The lowest BCUT2D eigenvalue weighted by Crippen LogP contribution is -2.09. The van der Waals surface area contributed by atoms with Gasteiger partial charge in [0.2, 0.25) is 15.5 Å². The Morgan fingerprint density at radius 2 is 2.05 bits per heavy atom. The number of aromatic amines is 2. The zero-order chi connectivity index (χ0) is 15.7. The van der Waals surface area contributed by atoms with E-state index in [1.807, 2.05) is 0 Å². The number of nitrogens with zero attached hydrogens (tertiary/aromatic N) is 2. The number of imidazole rings is 1. The molecule has 2 aromatic heterocycles. The summed E-state index contributed by atoms with van der Waals surface area (Å²) in [5.74, 6) is 0.296. The second-order valence-electron chi connectivity index (χ2n) is 4.57. The minimum Gasteiger partial charge on any atom is -0.310 e. The van der Waals surface area contributed by atoms with Gasteiger partial charge in [0.15, 0.2) is 11.5 Å². The number of anilines is 3. The molecule has 3 aromatic rings. The fourth-order valence-corrected chi connectivity index (χ4v) is 2.68. The second kappa shape index (κ2) is 5.43. The highest BCUT2D eigenvalue weighted by Gasteiger charge is 2.14. The van der Waals surface area contributed by atoms with Gasteiger partial charge in [-0.3, -0.25) is 9.71 Å². The summed E-state index contributed by atoms with van der Waals surface area (Å²) in [5, 5.41) is 3.25. The van der Waals surface area contributed by atoms with Gasteiger partial charge < -0.3 is 5.32 Å². The Morgan fingerprint density at radius 3 is 2.82 bits per heavy atom. The molecule has 1 aromatic carbocycles. The highest BCUT2D eigenvalue weighted by Crippen LogP contribution is 2.21. The van der Waals surface area contributed by atoms with Crippen LogP contribution >= 0.6 is 11.6 Å².